The van der Waals surface area contributed by atoms with Crippen LogP contribution >= 0.6 is 12.2 Å². The molecule has 1 heterocycles. The summed E-state index contributed by atoms with van der Waals surface area (Å²) in [6.45, 7) is 9.94. The molecule has 0 aromatic carbocycles. The maximum Gasteiger partial charge on any atom is 0.169 e. The van der Waals surface area contributed by atoms with Gasteiger partial charge < -0.3 is 19.9 Å². The van der Waals surface area contributed by atoms with Gasteiger partial charge in [-0.1, -0.05) is 0 Å². The Hall–Kier alpha value is -0.390. The van der Waals surface area contributed by atoms with Crippen LogP contribution in [0, 0.1) is 0 Å². The van der Waals surface area contributed by atoms with Crippen molar-refractivity contribution < 1.29 is 4.74 Å². The summed E-state index contributed by atoms with van der Waals surface area (Å²) in [5.41, 5.74) is 0. The van der Waals surface area contributed by atoms with Gasteiger partial charge in [-0.15, -0.1) is 0 Å². The van der Waals surface area contributed by atoms with Crippen molar-refractivity contribution in [2.24, 2.45) is 0 Å². The average molecular weight is 259 g/mol. The molecular formula is C12H25N3OS. The SMILES string of the molecule is CCOCCCNC(=S)N1CCN(C)CC1C. The maximum atomic E-state index is 5.42. The van der Waals surface area contributed by atoms with Crippen molar-refractivity contribution in [2.45, 2.75) is 26.3 Å². The molecule has 0 aromatic rings. The first-order valence-electron chi connectivity index (χ1n) is 6.46. The summed E-state index contributed by atoms with van der Waals surface area (Å²) in [7, 11) is 2.16. The summed E-state index contributed by atoms with van der Waals surface area (Å²) < 4.78 is 5.29. The van der Waals surface area contributed by atoms with Crippen LogP contribution in [0.25, 0.3) is 0 Å². The van der Waals surface area contributed by atoms with Gasteiger partial charge in [0.2, 0.25) is 0 Å². The monoisotopic (exact) mass is 259 g/mol. The van der Waals surface area contributed by atoms with E-state index in [1.54, 1.807) is 0 Å². The molecule has 1 unspecified atom stereocenters. The topological polar surface area (TPSA) is 27.7 Å². The van der Waals surface area contributed by atoms with Gasteiger partial charge in [-0.05, 0) is 39.5 Å². The van der Waals surface area contributed by atoms with Crippen LogP contribution in [0.5, 0.6) is 0 Å². The fourth-order valence-electron chi connectivity index (χ4n) is 2.06. The number of nitrogens with one attached hydrogen (secondary N) is 1. The molecule has 1 atom stereocenters. The number of nitrogens with zero attached hydrogens (tertiary/aromatic N) is 2. The van der Waals surface area contributed by atoms with E-state index in [9.17, 15) is 0 Å². The predicted octanol–water partition coefficient (Wildman–Crippen LogP) is 0.923. The third-order valence-corrected chi connectivity index (χ3v) is 3.42. The molecule has 1 N–H and O–H groups in total. The van der Waals surface area contributed by atoms with E-state index in [4.69, 9.17) is 17.0 Å². The Balaban J connectivity index is 2.18. The Bertz CT molecular complexity index is 238. The molecule has 0 aromatic heterocycles. The van der Waals surface area contributed by atoms with E-state index in [0.717, 1.165) is 50.9 Å². The molecular weight excluding hydrogens is 234 g/mol. The van der Waals surface area contributed by atoms with Crippen molar-refractivity contribution in [3.63, 3.8) is 0 Å². The Morgan fingerprint density at radius 2 is 2.24 bits per heavy atom. The molecule has 1 fully saturated rings. The van der Waals surface area contributed by atoms with Gasteiger partial charge in [0.05, 0.1) is 0 Å². The minimum absolute atomic E-state index is 0.501. The lowest BCUT2D eigenvalue weighted by Crippen LogP contribution is -2.55. The Morgan fingerprint density at radius 1 is 1.47 bits per heavy atom. The normalized spacial score (nSPS) is 21.6. The smallest absolute Gasteiger partial charge is 0.169 e. The van der Waals surface area contributed by atoms with Gasteiger partial charge in [0.15, 0.2) is 5.11 Å². The van der Waals surface area contributed by atoms with Crippen LogP contribution in [0.1, 0.15) is 20.3 Å². The zero-order chi connectivity index (χ0) is 12.7. The zero-order valence-electron chi connectivity index (χ0n) is 11.2. The average Bonchev–Trinajstić information content (AvgIpc) is 2.28. The molecule has 0 aliphatic carbocycles. The fraction of sp³-hybridized carbons (Fsp3) is 0.917. The second-order valence-electron chi connectivity index (χ2n) is 4.59. The van der Waals surface area contributed by atoms with Gasteiger partial charge in [-0.3, -0.25) is 0 Å². The van der Waals surface area contributed by atoms with Crippen molar-refractivity contribution in [3.05, 3.63) is 0 Å². The molecule has 0 bridgehead atoms. The second kappa shape index (κ2) is 7.84. The molecule has 1 aliphatic heterocycles. The summed E-state index contributed by atoms with van der Waals surface area (Å²) in [5, 5.41) is 4.21. The zero-order valence-corrected chi connectivity index (χ0v) is 12.1. The number of hydrogen-bond acceptors (Lipinski definition) is 3. The van der Waals surface area contributed by atoms with Gasteiger partial charge in [0.1, 0.15) is 0 Å². The van der Waals surface area contributed by atoms with Crippen LogP contribution in [-0.2, 0) is 4.74 Å². The van der Waals surface area contributed by atoms with Crippen molar-refractivity contribution in [2.75, 3.05) is 46.4 Å². The number of rotatable bonds is 5. The summed E-state index contributed by atoms with van der Waals surface area (Å²) >= 11 is 5.42. The van der Waals surface area contributed by atoms with Crippen LogP contribution in [-0.4, -0.2) is 67.4 Å². The highest BCUT2D eigenvalue weighted by molar-refractivity contribution is 7.80. The van der Waals surface area contributed by atoms with E-state index in [1.807, 2.05) is 6.92 Å². The first-order valence-corrected chi connectivity index (χ1v) is 6.86. The van der Waals surface area contributed by atoms with Gasteiger partial charge in [-0.25, -0.2) is 0 Å². The lowest BCUT2D eigenvalue weighted by atomic mass is 10.2. The van der Waals surface area contributed by atoms with Crippen molar-refractivity contribution >= 4 is 17.3 Å². The Morgan fingerprint density at radius 3 is 2.88 bits per heavy atom. The molecule has 0 saturated carbocycles. The number of thiocarbonyl (C=S) groups is 1. The third kappa shape index (κ3) is 5.19. The van der Waals surface area contributed by atoms with E-state index in [0.29, 0.717) is 6.04 Å². The Kier molecular flexibility index (Phi) is 6.77. The molecule has 17 heavy (non-hydrogen) atoms. The van der Waals surface area contributed by atoms with Crippen LogP contribution < -0.4 is 5.32 Å². The lowest BCUT2D eigenvalue weighted by Gasteiger charge is -2.39. The van der Waals surface area contributed by atoms with E-state index in [-0.39, 0.29) is 0 Å². The second-order valence-corrected chi connectivity index (χ2v) is 4.97. The largest absolute Gasteiger partial charge is 0.382 e. The van der Waals surface area contributed by atoms with Crippen LogP contribution in [0.3, 0.4) is 0 Å². The minimum atomic E-state index is 0.501. The van der Waals surface area contributed by atoms with E-state index >= 15 is 0 Å². The summed E-state index contributed by atoms with van der Waals surface area (Å²) in [6.07, 6.45) is 1.01. The lowest BCUT2D eigenvalue weighted by molar-refractivity contribution is 0.144. The van der Waals surface area contributed by atoms with Crippen molar-refractivity contribution in [1.29, 1.82) is 0 Å². The van der Waals surface area contributed by atoms with E-state index in [2.05, 4.69) is 29.1 Å². The molecule has 1 saturated heterocycles. The highest BCUT2D eigenvalue weighted by Crippen LogP contribution is 2.07. The molecule has 0 spiro atoms. The molecule has 0 amide bonds. The standard InChI is InChI=1S/C12H25N3OS/c1-4-16-9-5-6-13-12(17)15-8-7-14(3)10-11(15)2/h11H,4-10H2,1-3H3,(H,13,17). The third-order valence-electron chi connectivity index (χ3n) is 3.04. The maximum absolute atomic E-state index is 5.42. The summed E-state index contributed by atoms with van der Waals surface area (Å²) in [4.78, 5) is 4.63. The minimum Gasteiger partial charge on any atom is -0.382 e. The number of piperazine rings is 1. The highest BCUT2D eigenvalue weighted by Gasteiger charge is 2.22. The first-order chi connectivity index (χ1) is 8.15. The van der Waals surface area contributed by atoms with Crippen LogP contribution in [0.4, 0.5) is 0 Å². The van der Waals surface area contributed by atoms with E-state index in [1.165, 1.54) is 0 Å². The fourth-order valence-corrected chi connectivity index (χ4v) is 2.43. The van der Waals surface area contributed by atoms with Crippen molar-refractivity contribution in [3.8, 4) is 0 Å². The van der Waals surface area contributed by atoms with Crippen LogP contribution in [0.15, 0.2) is 0 Å². The number of likely N-dealkylation sites (N-methyl/N-ethyl adjacent to an activating group) is 1. The predicted molar refractivity (Wildman–Crippen MR) is 75.4 cm³/mol. The van der Waals surface area contributed by atoms with Crippen LogP contribution in [0.2, 0.25) is 0 Å². The summed E-state index contributed by atoms with van der Waals surface area (Å²) in [5.74, 6) is 0. The molecule has 5 heteroatoms. The van der Waals surface area contributed by atoms with Crippen molar-refractivity contribution in [1.82, 2.24) is 15.1 Å². The molecule has 1 aliphatic rings. The Labute approximate surface area is 110 Å². The summed E-state index contributed by atoms with van der Waals surface area (Å²) in [6, 6.07) is 0.501. The number of ether oxygens (including phenoxy) is 1. The van der Waals surface area contributed by atoms with Gasteiger partial charge in [0, 0.05) is 45.4 Å². The number of hydrogen-bond donors (Lipinski definition) is 1. The quantitative estimate of drug-likeness (QED) is 0.585. The van der Waals surface area contributed by atoms with Gasteiger partial charge in [0.25, 0.3) is 0 Å². The van der Waals surface area contributed by atoms with E-state index < -0.39 is 0 Å². The molecule has 0 radical (unpaired) electrons. The van der Waals surface area contributed by atoms with Gasteiger partial charge >= 0.3 is 0 Å². The molecule has 4 nitrogen and oxygen atoms in total. The molecule has 100 valence electrons. The first kappa shape index (κ1) is 14.7. The van der Waals surface area contributed by atoms with Gasteiger partial charge in [-0.2, -0.15) is 0 Å². The molecule has 1 rings (SSSR count). The highest BCUT2D eigenvalue weighted by atomic mass is 32.1.